The van der Waals surface area contributed by atoms with Gasteiger partial charge in [0.25, 0.3) is 10.0 Å². The largest absolute Gasteiger partial charge is 0.280 e. The normalized spacial score (nSPS) is 11.3. The van der Waals surface area contributed by atoms with Gasteiger partial charge in [0.05, 0.1) is 10.6 Å². The number of hydrogen-bond acceptors (Lipinski definition) is 2. The Balaban J connectivity index is 2.35. The van der Waals surface area contributed by atoms with Crippen molar-refractivity contribution in [1.82, 2.24) is 0 Å². The molecule has 0 saturated carbocycles. The monoisotopic (exact) mass is 315 g/mol. The lowest BCUT2D eigenvalue weighted by molar-refractivity contribution is 0.601. The first-order valence-corrected chi connectivity index (χ1v) is 7.67. The fraction of sp³-hybridized carbons (Fsp3) is 0.0769. The third-order valence-electron chi connectivity index (χ3n) is 2.53. The van der Waals surface area contributed by atoms with Crippen molar-refractivity contribution in [2.24, 2.45) is 0 Å². The summed E-state index contributed by atoms with van der Waals surface area (Å²) in [5, 5.41) is 0.871. The van der Waals surface area contributed by atoms with E-state index >= 15 is 0 Å². The summed E-state index contributed by atoms with van der Waals surface area (Å²) in [5.74, 6) is 0. The first-order valence-electron chi connectivity index (χ1n) is 5.43. The van der Waals surface area contributed by atoms with Crippen molar-refractivity contribution >= 4 is 38.9 Å². The van der Waals surface area contributed by atoms with Crippen LogP contribution in [0.25, 0.3) is 0 Å². The molecule has 2 rings (SSSR count). The highest BCUT2D eigenvalue weighted by Gasteiger charge is 2.15. The molecule has 0 aliphatic carbocycles. The van der Waals surface area contributed by atoms with Gasteiger partial charge in [-0.25, -0.2) is 8.42 Å². The zero-order valence-electron chi connectivity index (χ0n) is 10.0. The van der Waals surface area contributed by atoms with Crippen LogP contribution in [0.5, 0.6) is 0 Å². The molecule has 0 saturated heterocycles. The van der Waals surface area contributed by atoms with Crippen LogP contribution in [0.1, 0.15) is 5.56 Å². The average Bonchev–Trinajstić information content (AvgIpc) is 2.32. The predicted octanol–water partition coefficient (Wildman–Crippen LogP) is 4.10. The molecule has 0 radical (unpaired) electrons. The number of halogens is 2. The van der Waals surface area contributed by atoms with E-state index in [1.165, 1.54) is 18.2 Å². The Hall–Kier alpha value is -1.23. The summed E-state index contributed by atoms with van der Waals surface area (Å²) in [6.07, 6.45) is 0. The fourth-order valence-corrected chi connectivity index (χ4v) is 3.02. The molecular formula is C13H11Cl2NO2S. The summed E-state index contributed by atoms with van der Waals surface area (Å²) >= 11 is 11.7. The summed E-state index contributed by atoms with van der Waals surface area (Å²) in [7, 11) is -3.66. The first kappa shape index (κ1) is 14.2. The molecule has 1 N–H and O–H groups in total. The number of sulfonamides is 1. The molecule has 0 spiro atoms. The molecule has 0 heterocycles. The summed E-state index contributed by atoms with van der Waals surface area (Å²) in [4.78, 5) is 0.114. The minimum Gasteiger partial charge on any atom is -0.280 e. The van der Waals surface area contributed by atoms with Gasteiger partial charge in [-0.15, -0.1) is 0 Å². The Morgan fingerprint density at radius 3 is 2.42 bits per heavy atom. The standard InChI is InChI=1S/C13H11Cl2NO2S/c1-9-5-6-12(8-13(9)15)19(17,18)16-11-4-2-3-10(14)7-11/h2-8,16H,1H3. The quantitative estimate of drug-likeness (QED) is 0.926. The Morgan fingerprint density at radius 1 is 1.05 bits per heavy atom. The Bertz CT molecular complexity index is 714. The van der Waals surface area contributed by atoms with Gasteiger partial charge in [-0.3, -0.25) is 4.72 Å². The predicted molar refractivity (Wildman–Crippen MR) is 78.4 cm³/mol. The Kier molecular flexibility index (Phi) is 4.04. The lowest BCUT2D eigenvalue weighted by Gasteiger charge is -2.09. The average molecular weight is 316 g/mol. The maximum atomic E-state index is 12.2. The van der Waals surface area contributed by atoms with Gasteiger partial charge >= 0.3 is 0 Å². The lowest BCUT2D eigenvalue weighted by Crippen LogP contribution is -2.12. The molecule has 0 aromatic heterocycles. The van der Waals surface area contributed by atoms with Crippen molar-refractivity contribution in [3.63, 3.8) is 0 Å². The van der Waals surface area contributed by atoms with Crippen LogP contribution in [0.15, 0.2) is 47.4 Å². The summed E-state index contributed by atoms with van der Waals surface area (Å²) < 4.78 is 26.8. The van der Waals surface area contributed by atoms with E-state index in [9.17, 15) is 8.42 Å². The number of benzene rings is 2. The Morgan fingerprint density at radius 2 is 1.79 bits per heavy atom. The zero-order chi connectivity index (χ0) is 14.0. The lowest BCUT2D eigenvalue weighted by atomic mass is 10.2. The zero-order valence-corrected chi connectivity index (χ0v) is 12.4. The van der Waals surface area contributed by atoms with Crippen molar-refractivity contribution in [1.29, 1.82) is 0 Å². The van der Waals surface area contributed by atoms with Crippen molar-refractivity contribution in [3.05, 3.63) is 58.1 Å². The van der Waals surface area contributed by atoms with E-state index in [1.54, 1.807) is 24.3 Å². The van der Waals surface area contributed by atoms with Crippen LogP contribution in [0, 0.1) is 6.92 Å². The minimum absolute atomic E-state index is 0.114. The van der Waals surface area contributed by atoms with E-state index in [0.717, 1.165) is 5.56 Å². The van der Waals surface area contributed by atoms with Crippen molar-refractivity contribution < 1.29 is 8.42 Å². The van der Waals surface area contributed by atoms with Crippen molar-refractivity contribution in [3.8, 4) is 0 Å². The second-order valence-electron chi connectivity index (χ2n) is 4.03. The van der Waals surface area contributed by atoms with E-state index < -0.39 is 10.0 Å². The molecule has 0 aliphatic rings. The molecule has 0 atom stereocenters. The van der Waals surface area contributed by atoms with Gasteiger partial charge in [-0.05, 0) is 42.8 Å². The molecule has 2 aromatic rings. The van der Waals surface area contributed by atoms with Gasteiger partial charge in [-0.2, -0.15) is 0 Å². The Labute approximate surface area is 122 Å². The summed E-state index contributed by atoms with van der Waals surface area (Å²) in [5.41, 5.74) is 1.23. The molecule has 2 aromatic carbocycles. The topological polar surface area (TPSA) is 46.2 Å². The maximum absolute atomic E-state index is 12.2. The molecule has 100 valence electrons. The molecule has 0 fully saturated rings. The smallest absolute Gasteiger partial charge is 0.261 e. The molecule has 0 aliphatic heterocycles. The van der Waals surface area contributed by atoms with Crippen LogP contribution in [-0.4, -0.2) is 8.42 Å². The number of anilines is 1. The number of nitrogens with one attached hydrogen (secondary N) is 1. The third-order valence-corrected chi connectivity index (χ3v) is 4.55. The van der Waals surface area contributed by atoms with Gasteiger partial charge in [-0.1, -0.05) is 35.3 Å². The van der Waals surface area contributed by atoms with Crippen LogP contribution >= 0.6 is 23.2 Å². The van der Waals surface area contributed by atoms with Crippen LogP contribution in [-0.2, 0) is 10.0 Å². The van der Waals surface area contributed by atoms with Crippen LogP contribution in [0.2, 0.25) is 10.0 Å². The van der Waals surface area contributed by atoms with E-state index in [-0.39, 0.29) is 4.90 Å². The first-order chi connectivity index (χ1) is 8.88. The molecular weight excluding hydrogens is 305 g/mol. The van der Waals surface area contributed by atoms with Gasteiger partial charge in [0.2, 0.25) is 0 Å². The summed E-state index contributed by atoms with van der Waals surface area (Å²) in [6.45, 7) is 1.81. The highest BCUT2D eigenvalue weighted by molar-refractivity contribution is 7.92. The minimum atomic E-state index is -3.66. The van der Waals surface area contributed by atoms with E-state index in [0.29, 0.717) is 15.7 Å². The molecule has 0 unspecified atom stereocenters. The number of rotatable bonds is 3. The third kappa shape index (κ3) is 3.41. The highest BCUT2D eigenvalue weighted by atomic mass is 35.5. The second kappa shape index (κ2) is 5.41. The molecule has 0 bridgehead atoms. The van der Waals surface area contributed by atoms with E-state index in [1.807, 2.05) is 6.92 Å². The van der Waals surface area contributed by atoms with Gasteiger partial charge < -0.3 is 0 Å². The van der Waals surface area contributed by atoms with Crippen LogP contribution < -0.4 is 4.72 Å². The van der Waals surface area contributed by atoms with E-state index in [2.05, 4.69) is 4.72 Å². The van der Waals surface area contributed by atoms with Crippen LogP contribution in [0.3, 0.4) is 0 Å². The van der Waals surface area contributed by atoms with Crippen LogP contribution in [0.4, 0.5) is 5.69 Å². The van der Waals surface area contributed by atoms with E-state index in [4.69, 9.17) is 23.2 Å². The SMILES string of the molecule is Cc1ccc(S(=O)(=O)Nc2cccc(Cl)c2)cc1Cl. The fourth-order valence-electron chi connectivity index (χ4n) is 1.51. The molecule has 3 nitrogen and oxygen atoms in total. The van der Waals surface area contributed by atoms with Crippen molar-refractivity contribution in [2.45, 2.75) is 11.8 Å². The highest BCUT2D eigenvalue weighted by Crippen LogP contribution is 2.23. The number of hydrogen-bond donors (Lipinski definition) is 1. The van der Waals surface area contributed by atoms with Gasteiger partial charge in [0, 0.05) is 10.0 Å². The maximum Gasteiger partial charge on any atom is 0.261 e. The molecule has 6 heteroatoms. The van der Waals surface area contributed by atoms with Gasteiger partial charge in [0.1, 0.15) is 0 Å². The molecule has 0 amide bonds. The number of aryl methyl sites for hydroxylation is 1. The summed E-state index contributed by atoms with van der Waals surface area (Å²) in [6, 6.07) is 11.1. The van der Waals surface area contributed by atoms with Gasteiger partial charge in [0.15, 0.2) is 0 Å². The second-order valence-corrected chi connectivity index (χ2v) is 6.55. The van der Waals surface area contributed by atoms with Crippen molar-refractivity contribution in [2.75, 3.05) is 4.72 Å². The molecule has 19 heavy (non-hydrogen) atoms.